The number of nitrogens with zero attached hydrogens (tertiary/aromatic N) is 2. The summed E-state index contributed by atoms with van der Waals surface area (Å²) in [4.78, 5) is 84.8. The van der Waals surface area contributed by atoms with Gasteiger partial charge in [-0.1, -0.05) is 57.2 Å². The Morgan fingerprint density at radius 1 is 0.967 bits per heavy atom. The van der Waals surface area contributed by atoms with Crippen LogP contribution in [0.3, 0.4) is 0 Å². The predicted molar refractivity (Wildman–Crippen MR) is 231 cm³/mol. The highest BCUT2D eigenvalue weighted by molar-refractivity contribution is 7.13. The standard InChI is InChI=1S/C44H61N7O8S/c1-26(29-16-18-30(19-17-29)37-27(2)46-25-60-37)47-40(56)34-23-32(52)24-51(34)41(57)38(43(3,4)5)50-36(54)15-10-9-12-28-13-11-14-31(22-28)48-39(55)33(20-21-35(45)53)49-42(58)59-44(6,7)8/h11,13-14,16-19,22,25-26,32-34,38,52H,9-10,12,15,20-21,23-24H2,1-8H3,(H2,45,53)(H,47,56)(H,48,55)(H,49,58)(H,50,54)/t26-,32+,33-,34-,38+/m0/s1. The fraction of sp³-hybridized carbons (Fsp3) is 0.523. The number of carbonyl (C=O) groups is 6. The van der Waals surface area contributed by atoms with Crippen LogP contribution in [-0.4, -0.2) is 87.0 Å². The normalized spacial score (nSPS) is 16.9. The van der Waals surface area contributed by atoms with E-state index in [0.717, 1.165) is 27.3 Å². The van der Waals surface area contributed by atoms with Gasteiger partial charge in [0.15, 0.2) is 0 Å². The minimum atomic E-state index is -1.06. The van der Waals surface area contributed by atoms with Gasteiger partial charge in [0.1, 0.15) is 23.7 Å². The van der Waals surface area contributed by atoms with E-state index < -0.39 is 59.1 Å². The number of likely N-dealkylation sites (tertiary alicyclic amines) is 1. The van der Waals surface area contributed by atoms with E-state index in [-0.39, 0.29) is 50.1 Å². The maximum Gasteiger partial charge on any atom is 0.408 e. The number of nitrogens with one attached hydrogen (secondary N) is 4. The Hall–Kier alpha value is -5.35. The second kappa shape index (κ2) is 20.8. The van der Waals surface area contributed by atoms with Crippen molar-refractivity contribution in [2.24, 2.45) is 11.1 Å². The molecule has 7 N–H and O–H groups in total. The molecule has 326 valence electrons. The summed E-state index contributed by atoms with van der Waals surface area (Å²) in [6.07, 6.45) is 0.169. The Balaban J connectivity index is 1.30. The first kappa shape index (κ1) is 47.3. The molecular formula is C44H61N7O8S. The van der Waals surface area contributed by atoms with Gasteiger partial charge in [-0.2, -0.15) is 0 Å². The molecule has 2 aromatic carbocycles. The fourth-order valence-electron chi connectivity index (χ4n) is 6.90. The average Bonchev–Trinajstić information content (AvgIpc) is 3.77. The van der Waals surface area contributed by atoms with Crippen LogP contribution >= 0.6 is 11.3 Å². The lowest BCUT2D eigenvalue weighted by Crippen LogP contribution is -2.57. The van der Waals surface area contributed by atoms with E-state index in [4.69, 9.17) is 10.5 Å². The van der Waals surface area contributed by atoms with Crippen LogP contribution in [0.25, 0.3) is 10.4 Å². The van der Waals surface area contributed by atoms with Crippen LogP contribution in [0.4, 0.5) is 10.5 Å². The number of alkyl carbamates (subject to hydrolysis) is 1. The van der Waals surface area contributed by atoms with Gasteiger partial charge in [-0.15, -0.1) is 11.3 Å². The molecule has 4 rings (SSSR count). The van der Waals surface area contributed by atoms with Gasteiger partial charge in [0.25, 0.3) is 0 Å². The van der Waals surface area contributed by atoms with Crippen molar-refractivity contribution >= 4 is 52.7 Å². The Morgan fingerprint density at radius 2 is 1.67 bits per heavy atom. The number of ether oxygens (including phenoxy) is 1. The van der Waals surface area contributed by atoms with E-state index >= 15 is 0 Å². The van der Waals surface area contributed by atoms with Crippen molar-refractivity contribution in [3.63, 3.8) is 0 Å². The summed E-state index contributed by atoms with van der Waals surface area (Å²) in [6.45, 7) is 14.4. The summed E-state index contributed by atoms with van der Waals surface area (Å²) in [5.74, 6) is -2.26. The summed E-state index contributed by atoms with van der Waals surface area (Å²) in [5, 5.41) is 21.9. The Morgan fingerprint density at radius 3 is 2.28 bits per heavy atom. The van der Waals surface area contributed by atoms with Gasteiger partial charge in [0.05, 0.1) is 28.2 Å². The second-order valence-corrected chi connectivity index (χ2v) is 18.3. The van der Waals surface area contributed by atoms with E-state index in [1.807, 2.05) is 70.5 Å². The summed E-state index contributed by atoms with van der Waals surface area (Å²) in [7, 11) is 0. The fourth-order valence-corrected chi connectivity index (χ4v) is 7.71. The number of aliphatic hydroxyl groups is 1. The molecule has 1 aliphatic heterocycles. The molecule has 5 atom stereocenters. The number of β-amino-alcohol motifs (C(OH)–C–C–N with tert-alkyl or cyclic N) is 1. The third kappa shape index (κ3) is 14.1. The molecule has 1 aliphatic rings. The van der Waals surface area contributed by atoms with E-state index in [0.29, 0.717) is 24.9 Å². The van der Waals surface area contributed by atoms with Crippen LogP contribution in [-0.2, 0) is 35.1 Å². The lowest BCUT2D eigenvalue weighted by molar-refractivity contribution is -0.144. The van der Waals surface area contributed by atoms with Gasteiger partial charge in [-0.3, -0.25) is 24.0 Å². The van der Waals surface area contributed by atoms with Gasteiger partial charge in [-0.05, 0) is 94.5 Å². The Kier molecular flexibility index (Phi) is 16.4. The van der Waals surface area contributed by atoms with Crippen LogP contribution in [0.15, 0.2) is 54.0 Å². The molecule has 3 aromatic rings. The van der Waals surface area contributed by atoms with Crippen molar-refractivity contribution in [3.8, 4) is 10.4 Å². The largest absolute Gasteiger partial charge is 0.444 e. The van der Waals surface area contributed by atoms with Crippen LogP contribution in [0.2, 0.25) is 0 Å². The zero-order chi connectivity index (χ0) is 44.4. The number of aryl methyl sites for hydroxylation is 2. The molecule has 6 amide bonds. The maximum absolute atomic E-state index is 14.1. The zero-order valence-corrected chi connectivity index (χ0v) is 36.7. The molecule has 0 saturated carbocycles. The van der Waals surface area contributed by atoms with Crippen molar-refractivity contribution in [1.82, 2.24) is 25.8 Å². The Labute approximate surface area is 356 Å². The van der Waals surface area contributed by atoms with Crippen LogP contribution in [0.1, 0.15) is 110 Å². The van der Waals surface area contributed by atoms with Crippen LogP contribution in [0, 0.1) is 12.3 Å². The van der Waals surface area contributed by atoms with Crippen molar-refractivity contribution in [2.45, 2.75) is 136 Å². The van der Waals surface area contributed by atoms with Crippen LogP contribution in [0.5, 0.6) is 0 Å². The second-order valence-electron chi connectivity index (χ2n) is 17.5. The minimum Gasteiger partial charge on any atom is -0.444 e. The van der Waals surface area contributed by atoms with E-state index in [9.17, 15) is 33.9 Å². The smallest absolute Gasteiger partial charge is 0.408 e. The van der Waals surface area contributed by atoms with E-state index in [1.165, 1.54) is 4.90 Å². The number of nitrogens with two attached hydrogens (primary N) is 1. The first-order valence-corrected chi connectivity index (χ1v) is 21.3. The number of primary amides is 1. The summed E-state index contributed by atoms with van der Waals surface area (Å²) in [6, 6.07) is 11.8. The third-order valence-electron chi connectivity index (χ3n) is 10.1. The first-order valence-electron chi connectivity index (χ1n) is 20.4. The summed E-state index contributed by atoms with van der Waals surface area (Å²) >= 11 is 1.57. The number of anilines is 1. The quantitative estimate of drug-likeness (QED) is 0.0970. The lowest BCUT2D eigenvalue weighted by Gasteiger charge is -2.35. The molecule has 2 heterocycles. The Bertz CT molecular complexity index is 1990. The number of thiazole rings is 1. The predicted octanol–water partition coefficient (Wildman–Crippen LogP) is 5.30. The molecule has 16 heteroatoms. The number of hydrogen-bond donors (Lipinski definition) is 6. The number of amides is 6. The molecular weight excluding hydrogens is 787 g/mol. The molecule has 60 heavy (non-hydrogen) atoms. The highest BCUT2D eigenvalue weighted by Gasteiger charge is 2.44. The minimum absolute atomic E-state index is 0.0100. The molecule has 0 unspecified atom stereocenters. The highest BCUT2D eigenvalue weighted by atomic mass is 32.1. The topological polar surface area (TPSA) is 222 Å². The highest BCUT2D eigenvalue weighted by Crippen LogP contribution is 2.30. The lowest BCUT2D eigenvalue weighted by atomic mass is 9.85. The summed E-state index contributed by atoms with van der Waals surface area (Å²) < 4.78 is 5.27. The number of benzene rings is 2. The summed E-state index contributed by atoms with van der Waals surface area (Å²) in [5.41, 5.74) is 9.89. The first-order chi connectivity index (χ1) is 28.1. The van der Waals surface area contributed by atoms with Crippen molar-refractivity contribution in [3.05, 3.63) is 70.9 Å². The molecule has 0 bridgehead atoms. The molecule has 1 fully saturated rings. The SMILES string of the molecule is Cc1ncsc1-c1ccc([C@H](C)NC(=O)[C@@H]2C[C@@H](O)CN2C(=O)[C@@H](NC(=O)CCCCc2cccc(NC(=O)[C@H](CCC(N)=O)NC(=O)OC(C)(C)C)c2)C(C)(C)C)cc1. The van der Waals surface area contributed by atoms with E-state index in [1.54, 1.807) is 50.3 Å². The van der Waals surface area contributed by atoms with Crippen molar-refractivity contribution in [2.75, 3.05) is 11.9 Å². The van der Waals surface area contributed by atoms with Gasteiger partial charge < -0.3 is 41.7 Å². The zero-order valence-electron chi connectivity index (χ0n) is 35.9. The number of rotatable bonds is 17. The van der Waals surface area contributed by atoms with Gasteiger partial charge in [-0.25, -0.2) is 9.78 Å². The maximum atomic E-state index is 14.1. The third-order valence-corrected chi connectivity index (χ3v) is 11.0. The van der Waals surface area contributed by atoms with Crippen molar-refractivity contribution in [1.29, 1.82) is 0 Å². The van der Waals surface area contributed by atoms with E-state index in [2.05, 4.69) is 26.3 Å². The molecule has 1 saturated heterocycles. The number of carbonyl (C=O) groups excluding carboxylic acids is 6. The average molecular weight is 848 g/mol. The number of aliphatic hydroxyl groups excluding tert-OH is 1. The number of hydrogen-bond acceptors (Lipinski definition) is 10. The molecule has 15 nitrogen and oxygen atoms in total. The molecule has 0 radical (unpaired) electrons. The van der Waals surface area contributed by atoms with Crippen molar-refractivity contribution < 1.29 is 38.6 Å². The van der Waals surface area contributed by atoms with Crippen LogP contribution < -0.4 is 27.0 Å². The molecule has 0 aliphatic carbocycles. The molecule has 1 aromatic heterocycles. The molecule has 0 spiro atoms. The number of aromatic nitrogens is 1. The van der Waals surface area contributed by atoms with Gasteiger partial charge in [0.2, 0.25) is 29.5 Å². The monoisotopic (exact) mass is 847 g/mol. The van der Waals surface area contributed by atoms with Gasteiger partial charge in [0, 0.05) is 31.5 Å². The van der Waals surface area contributed by atoms with Gasteiger partial charge >= 0.3 is 6.09 Å². The number of unbranched alkanes of at least 4 members (excludes halogenated alkanes) is 1.